The average Bonchev–Trinajstić information content (AvgIpc) is 2.93. The molecule has 0 fully saturated rings. The van der Waals surface area contributed by atoms with Crippen LogP contribution >= 0.6 is 0 Å². The summed E-state index contributed by atoms with van der Waals surface area (Å²) in [5, 5.41) is 1.22. The fourth-order valence-electron chi connectivity index (χ4n) is 4.78. The van der Waals surface area contributed by atoms with Crippen LogP contribution in [0.3, 0.4) is 0 Å². The number of hydrogen-bond donors (Lipinski definition) is 0. The third kappa shape index (κ3) is 2.09. The van der Waals surface area contributed by atoms with Crippen molar-refractivity contribution in [3.63, 3.8) is 0 Å². The zero-order valence-corrected chi connectivity index (χ0v) is 14.6. The number of nitrogens with zero attached hydrogens (tertiary/aromatic N) is 2. The van der Waals surface area contributed by atoms with Crippen LogP contribution in [-0.2, 0) is 16.0 Å². The van der Waals surface area contributed by atoms with E-state index in [-0.39, 0.29) is 23.8 Å². The van der Waals surface area contributed by atoms with E-state index in [1.54, 1.807) is 0 Å². The van der Waals surface area contributed by atoms with Crippen LogP contribution < -0.4 is 0 Å². The van der Waals surface area contributed by atoms with Crippen LogP contribution in [0.2, 0.25) is 0 Å². The van der Waals surface area contributed by atoms with Crippen molar-refractivity contribution in [3.8, 4) is 0 Å². The molecule has 1 aromatic heterocycles. The van der Waals surface area contributed by atoms with Crippen LogP contribution in [0, 0.1) is 5.92 Å². The lowest BCUT2D eigenvalue weighted by Gasteiger charge is -2.40. The summed E-state index contributed by atoms with van der Waals surface area (Å²) in [6.07, 6.45) is 7.71. The van der Waals surface area contributed by atoms with Gasteiger partial charge >= 0.3 is 5.97 Å². The Morgan fingerprint density at radius 2 is 2.15 bits per heavy atom. The highest BCUT2D eigenvalue weighted by atomic mass is 16.5. The molecule has 26 heavy (non-hydrogen) atoms. The van der Waals surface area contributed by atoms with Crippen molar-refractivity contribution in [2.24, 2.45) is 5.92 Å². The molecule has 0 N–H and O–H groups in total. The molecule has 5 heteroatoms. The molecule has 5 nitrogen and oxygen atoms in total. The Hall–Kier alpha value is -2.82. The first-order chi connectivity index (χ1) is 12.7. The van der Waals surface area contributed by atoms with E-state index in [0.29, 0.717) is 6.42 Å². The minimum Gasteiger partial charge on any atom is -0.466 e. The lowest BCUT2D eigenvalue weighted by molar-refractivity contribution is -0.134. The smallest absolute Gasteiger partial charge is 0.330 e. The van der Waals surface area contributed by atoms with E-state index in [1.165, 1.54) is 29.8 Å². The number of fused-ring (bicyclic) bond motifs is 4. The van der Waals surface area contributed by atoms with Gasteiger partial charge in [0, 0.05) is 30.6 Å². The first-order valence-corrected chi connectivity index (χ1v) is 9.06. The fourth-order valence-corrected chi connectivity index (χ4v) is 4.78. The fraction of sp³-hybridized carbons (Fsp3) is 0.333. The molecular weight excluding hydrogens is 328 g/mol. The second-order valence-corrected chi connectivity index (χ2v) is 7.24. The Morgan fingerprint density at radius 1 is 1.31 bits per heavy atom. The Labute approximate surface area is 151 Å². The molecular formula is C21H20N2O3. The normalized spacial score (nSPS) is 24.0. The van der Waals surface area contributed by atoms with Crippen molar-refractivity contribution >= 4 is 22.8 Å². The van der Waals surface area contributed by atoms with Crippen LogP contribution in [0.25, 0.3) is 10.9 Å². The van der Waals surface area contributed by atoms with Gasteiger partial charge in [-0.1, -0.05) is 24.3 Å². The van der Waals surface area contributed by atoms with Crippen molar-refractivity contribution in [3.05, 3.63) is 59.4 Å². The summed E-state index contributed by atoms with van der Waals surface area (Å²) in [7, 11) is 1.37. The zero-order chi connectivity index (χ0) is 17.8. The molecule has 3 aliphatic heterocycles. The number of ether oxygens (including phenoxy) is 1. The molecule has 1 aromatic carbocycles. The SMILES string of the molecule is COC(=O)/C=C/C1=CN2CCc3c4n(c5ccccc35)C(=O)C[C@H]1C[C@@H]42. The highest BCUT2D eigenvalue weighted by Crippen LogP contribution is 2.47. The topological polar surface area (TPSA) is 51.5 Å². The molecule has 0 spiro atoms. The van der Waals surface area contributed by atoms with Gasteiger partial charge in [0.2, 0.25) is 5.91 Å². The maximum atomic E-state index is 13.1. The van der Waals surface area contributed by atoms with Crippen molar-refractivity contribution in [1.29, 1.82) is 0 Å². The van der Waals surface area contributed by atoms with Crippen LogP contribution in [0.4, 0.5) is 0 Å². The number of benzene rings is 1. The minimum absolute atomic E-state index is 0.134. The largest absolute Gasteiger partial charge is 0.466 e. The van der Waals surface area contributed by atoms with E-state index in [9.17, 15) is 9.59 Å². The summed E-state index contributed by atoms with van der Waals surface area (Å²) in [5.74, 6) is -0.0866. The van der Waals surface area contributed by atoms with Crippen LogP contribution in [0.15, 0.2) is 48.2 Å². The van der Waals surface area contributed by atoms with Crippen molar-refractivity contribution < 1.29 is 14.3 Å². The van der Waals surface area contributed by atoms with Gasteiger partial charge in [-0.15, -0.1) is 0 Å². The van der Waals surface area contributed by atoms with Gasteiger partial charge in [0.25, 0.3) is 0 Å². The monoisotopic (exact) mass is 348 g/mol. The number of allylic oxidation sites excluding steroid dienone is 2. The van der Waals surface area contributed by atoms with Gasteiger partial charge in [0.1, 0.15) is 0 Å². The number of para-hydroxylation sites is 1. The molecule has 0 saturated heterocycles. The molecule has 2 aromatic rings. The Kier molecular flexibility index (Phi) is 3.32. The van der Waals surface area contributed by atoms with E-state index in [1.807, 2.05) is 16.7 Å². The molecule has 2 bridgehead atoms. The van der Waals surface area contributed by atoms with E-state index in [2.05, 4.69) is 29.3 Å². The van der Waals surface area contributed by atoms with Crippen LogP contribution in [-0.4, -0.2) is 35.0 Å². The Bertz CT molecular complexity index is 998. The standard InChI is InChI=1S/C21H20N2O3/c1-26-20(25)7-6-13-12-22-9-8-16-15-4-2-3-5-17(15)23-19(24)11-14(13)10-18(22)21(16)23/h2-7,12,14,18H,8-11H2,1H3/b7-6+/t14-,18+/m1/s1. The Morgan fingerprint density at radius 3 is 3.00 bits per heavy atom. The van der Waals surface area contributed by atoms with Gasteiger partial charge in [-0.3, -0.25) is 9.36 Å². The number of methoxy groups -OCH3 is 1. The van der Waals surface area contributed by atoms with Crippen LogP contribution in [0.1, 0.15) is 34.9 Å². The van der Waals surface area contributed by atoms with E-state index in [0.717, 1.165) is 30.5 Å². The van der Waals surface area contributed by atoms with Crippen molar-refractivity contribution in [2.75, 3.05) is 13.7 Å². The number of carbonyl (C=O) groups is 2. The first-order valence-electron chi connectivity index (χ1n) is 9.06. The molecule has 0 saturated carbocycles. The summed E-state index contributed by atoms with van der Waals surface area (Å²) in [5.41, 5.74) is 4.58. The lowest BCUT2D eigenvalue weighted by atomic mass is 9.83. The summed E-state index contributed by atoms with van der Waals surface area (Å²) in [6.45, 7) is 0.933. The summed E-state index contributed by atoms with van der Waals surface area (Å²) < 4.78 is 6.66. The lowest BCUT2D eigenvalue weighted by Crippen LogP contribution is -2.36. The van der Waals surface area contributed by atoms with Gasteiger partial charge in [0.05, 0.1) is 24.4 Å². The summed E-state index contributed by atoms with van der Waals surface area (Å²) >= 11 is 0. The third-order valence-electron chi connectivity index (χ3n) is 5.93. The van der Waals surface area contributed by atoms with Gasteiger partial charge in [-0.25, -0.2) is 4.79 Å². The molecule has 5 rings (SSSR count). The average molecular weight is 348 g/mol. The molecule has 2 atom stereocenters. The van der Waals surface area contributed by atoms with E-state index >= 15 is 0 Å². The summed E-state index contributed by atoms with van der Waals surface area (Å²) in [6, 6.07) is 8.47. The quantitative estimate of drug-likeness (QED) is 0.618. The third-order valence-corrected chi connectivity index (χ3v) is 5.93. The predicted molar refractivity (Wildman–Crippen MR) is 97.7 cm³/mol. The molecule has 132 valence electrons. The highest BCUT2D eigenvalue weighted by molar-refractivity contribution is 5.97. The second-order valence-electron chi connectivity index (χ2n) is 7.24. The minimum atomic E-state index is -0.369. The number of aromatic nitrogens is 1. The van der Waals surface area contributed by atoms with Gasteiger partial charge in [0.15, 0.2) is 0 Å². The van der Waals surface area contributed by atoms with Gasteiger partial charge in [-0.2, -0.15) is 0 Å². The predicted octanol–water partition coefficient (Wildman–Crippen LogP) is 3.22. The van der Waals surface area contributed by atoms with Gasteiger partial charge in [-0.05, 0) is 36.0 Å². The van der Waals surface area contributed by atoms with Crippen LogP contribution in [0.5, 0.6) is 0 Å². The zero-order valence-electron chi connectivity index (χ0n) is 14.6. The van der Waals surface area contributed by atoms with Crippen molar-refractivity contribution in [2.45, 2.75) is 25.3 Å². The number of carbonyl (C=O) groups excluding carboxylic acids is 2. The Balaban J connectivity index is 1.66. The van der Waals surface area contributed by atoms with E-state index in [4.69, 9.17) is 4.74 Å². The number of esters is 1. The number of hydrogen-bond acceptors (Lipinski definition) is 4. The molecule has 4 heterocycles. The van der Waals surface area contributed by atoms with Gasteiger partial charge < -0.3 is 9.64 Å². The molecule has 3 aliphatic rings. The maximum absolute atomic E-state index is 13.1. The number of rotatable bonds is 2. The maximum Gasteiger partial charge on any atom is 0.330 e. The molecule has 0 amide bonds. The molecule has 0 radical (unpaired) electrons. The second kappa shape index (κ2) is 5.59. The summed E-state index contributed by atoms with van der Waals surface area (Å²) in [4.78, 5) is 27.0. The van der Waals surface area contributed by atoms with Crippen molar-refractivity contribution in [1.82, 2.24) is 9.47 Å². The highest BCUT2D eigenvalue weighted by Gasteiger charge is 2.41. The first kappa shape index (κ1) is 15.4. The molecule has 0 unspecified atom stereocenters. The molecule has 0 aliphatic carbocycles. The van der Waals surface area contributed by atoms with E-state index < -0.39 is 0 Å².